The summed E-state index contributed by atoms with van der Waals surface area (Å²) >= 11 is 0. The fourth-order valence-corrected chi connectivity index (χ4v) is 6.09. The minimum Gasteiger partial charge on any atom is -0.324 e. The number of nitrogens with one attached hydrogen (secondary N) is 3. The van der Waals surface area contributed by atoms with Crippen LogP contribution in [0, 0.1) is 6.92 Å². The molecule has 0 radical (unpaired) electrons. The van der Waals surface area contributed by atoms with Gasteiger partial charge in [-0.25, -0.2) is 14.8 Å². The summed E-state index contributed by atoms with van der Waals surface area (Å²) in [5.41, 5.74) is 7.46. The zero-order chi connectivity index (χ0) is 35.2. The third-order valence-corrected chi connectivity index (χ3v) is 9.00. The molecule has 2 fully saturated rings. The fraction of sp³-hybridized carbons (Fsp3) is 0.237. The molecule has 2 aliphatic heterocycles. The molecule has 7 rings (SSSR count). The summed E-state index contributed by atoms with van der Waals surface area (Å²) in [7, 11) is 0. The third kappa shape index (κ3) is 8.40. The maximum Gasteiger partial charge on any atom is 0.328 e. The second-order valence-corrected chi connectivity index (χ2v) is 12.6. The van der Waals surface area contributed by atoms with Crippen LogP contribution in [0.25, 0.3) is 11.3 Å². The number of piperazine rings is 1. The van der Waals surface area contributed by atoms with Crippen molar-refractivity contribution in [1.82, 2.24) is 35.1 Å². The molecule has 0 saturated carbocycles. The van der Waals surface area contributed by atoms with Gasteiger partial charge in [-0.3, -0.25) is 39.6 Å². The Hall–Kier alpha value is -6.05. The van der Waals surface area contributed by atoms with Crippen LogP contribution in [-0.4, -0.2) is 80.3 Å². The highest BCUT2D eigenvalue weighted by atomic mass is 16.2. The van der Waals surface area contributed by atoms with E-state index in [0.29, 0.717) is 29.4 Å². The lowest BCUT2D eigenvalue weighted by Crippen LogP contribution is -2.49. The van der Waals surface area contributed by atoms with Crippen LogP contribution in [0.2, 0.25) is 0 Å². The average molecular weight is 683 g/mol. The predicted octanol–water partition coefficient (Wildman–Crippen LogP) is 5.00. The number of hydrogen-bond acceptors (Lipinski definition) is 10. The van der Waals surface area contributed by atoms with Crippen molar-refractivity contribution >= 4 is 40.9 Å². The van der Waals surface area contributed by atoms with Crippen molar-refractivity contribution in [3.63, 3.8) is 0 Å². The van der Waals surface area contributed by atoms with Crippen LogP contribution < -0.4 is 20.9 Å². The van der Waals surface area contributed by atoms with Crippen LogP contribution >= 0.6 is 0 Å². The molecule has 3 aromatic heterocycles. The topological polar surface area (TPSA) is 149 Å². The van der Waals surface area contributed by atoms with Crippen LogP contribution in [0.4, 0.5) is 27.8 Å². The molecule has 13 nitrogen and oxygen atoms in total. The molecule has 0 atom stereocenters. The van der Waals surface area contributed by atoms with E-state index in [1.807, 2.05) is 79.7 Å². The Morgan fingerprint density at radius 2 is 1.65 bits per heavy atom. The summed E-state index contributed by atoms with van der Waals surface area (Å²) in [6.45, 7) is 7.55. The van der Waals surface area contributed by atoms with Gasteiger partial charge in [0.2, 0.25) is 11.9 Å². The fourth-order valence-electron chi connectivity index (χ4n) is 6.09. The summed E-state index contributed by atoms with van der Waals surface area (Å²) in [4.78, 5) is 60.8. The molecule has 5 heterocycles. The Morgan fingerprint density at radius 3 is 2.37 bits per heavy atom. The maximum absolute atomic E-state index is 13.2. The van der Waals surface area contributed by atoms with Crippen LogP contribution in [0.1, 0.15) is 33.6 Å². The lowest BCUT2D eigenvalue weighted by atomic mass is 10.1. The smallest absolute Gasteiger partial charge is 0.324 e. The van der Waals surface area contributed by atoms with Gasteiger partial charge in [0.1, 0.15) is 0 Å². The molecule has 0 aliphatic carbocycles. The van der Waals surface area contributed by atoms with Gasteiger partial charge in [0.05, 0.1) is 23.3 Å². The molecule has 0 bridgehead atoms. The molecule has 4 amide bonds. The zero-order valence-corrected chi connectivity index (χ0v) is 28.2. The Balaban J connectivity index is 0.884. The third-order valence-electron chi connectivity index (χ3n) is 9.00. The number of pyridine rings is 2. The van der Waals surface area contributed by atoms with Crippen molar-refractivity contribution in [1.29, 1.82) is 0 Å². The van der Waals surface area contributed by atoms with E-state index >= 15 is 0 Å². The summed E-state index contributed by atoms with van der Waals surface area (Å²) in [6, 6.07) is 22.5. The number of carbonyl (C=O) groups excluding carboxylic acids is 3. The van der Waals surface area contributed by atoms with Crippen molar-refractivity contribution < 1.29 is 14.4 Å². The molecule has 13 heteroatoms. The van der Waals surface area contributed by atoms with Gasteiger partial charge in [-0.2, -0.15) is 0 Å². The molecule has 3 N–H and O–H groups in total. The van der Waals surface area contributed by atoms with Crippen molar-refractivity contribution in [2.45, 2.75) is 26.4 Å². The van der Waals surface area contributed by atoms with Gasteiger partial charge in [-0.15, -0.1) is 0 Å². The number of imide groups is 1. The van der Waals surface area contributed by atoms with E-state index in [1.165, 1.54) is 4.90 Å². The van der Waals surface area contributed by atoms with Crippen molar-refractivity contribution in [2.24, 2.45) is 0 Å². The van der Waals surface area contributed by atoms with E-state index in [2.05, 4.69) is 45.7 Å². The van der Waals surface area contributed by atoms with Crippen LogP contribution in [0.5, 0.6) is 0 Å². The summed E-state index contributed by atoms with van der Waals surface area (Å²) in [5.74, 6) is 0.0171. The largest absolute Gasteiger partial charge is 0.328 e. The Kier molecular flexibility index (Phi) is 9.99. The molecule has 0 spiro atoms. The van der Waals surface area contributed by atoms with Gasteiger partial charge < -0.3 is 10.6 Å². The number of anilines is 4. The highest BCUT2D eigenvalue weighted by Gasteiger charge is 2.24. The zero-order valence-electron chi connectivity index (χ0n) is 28.2. The number of nitrogens with zero attached hydrogens (tertiary/aromatic N) is 7. The van der Waals surface area contributed by atoms with E-state index in [4.69, 9.17) is 0 Å². The summed E-state index contributed by atoms with van der Waals surface area (Å²) < 4.78 is 0. The standard InChI is InChI=1S/C38H38N10O3/c1-26-4-9-30(21-34(26)44-37-40-15-12-33(43-37)29-3-2-14-39-22-29)42-36(50)28-7-5-27(6-8-28)24-46-17-19-47(20-18-46)25-31-10-11-32(23-41-31)48-16-13-35(49)45-38(48)51/h2-12,14-15,21-23H,13,16-20,24-25H2,1H3,(H,42,50)(H,40,43,44)(H,45,49,51). The Labute approximate surface area is 295 Å². The minimum absolute atomic E-state index is 0.185. The van der Waals surface area contributed by atoms with E-state index < -0.39 is 6.03 Å². The quantitative estimate of drug-likeness (QED) is 0.184. The lowest BCUT2D eigenvalue weighted by Gasteiger charge is -2.34. The van der Waals surface area contributed by atoms with E-state index in [-0.39, 0.29) is 18.2 Å². The Morgan fingerprint density at radius 1 is 0.843 bits per heavy atom. The molecule has 2 aromatic carbocycles. The van der Waals surface area contributed by atoms with Gasteiger partial charge in [0, 0.05) is 93.3 Å². The van der Waals surface area contributed by atoms with E-state index in [9.17, 15) is 14.4 Å². The van der Waals surface area contributed by atoms with Crippen LogP contribution in [0.15, 0.2) is 97.6 Å². The number of carbonyl (C=O) groups is 3. The van der Waals surface area contributed by atoms with Crippen molar-refractivity contribution in [2.75, 3.05) is 48.3 Å². The van der Waals surface area contributed by atoms with Gasteiger partial charge in [0.25, 0.3) is 5.91 Å². The highest BCUT2D eigenvalue weighted by Crippen LogP contribution is 2.25. The number of benzene rings is 2. The predicted molar refractivity (Wildman–Crippen MR) is 194 cm³/mol. The molecule has 2 aliphatic rings. The first kappa shape index (κ1) is 33.4. The monoisotopic (exact) mass is 682 g/mol. The SMILES string of the molecule is Cc1ccc(NC(=O)c2ccc(CN3CCN(Cc4ccc(N5CCC(=O)NC5=O)cn4)CC3)cc2)cc1Nc1nccc(-c2cccnc2)n1. The maximum atomic E-state index is 13.2. The first-order valence-electron chi connectivity index (χ1n) is 16.9. The highest BCUT2D eigenvalue weighted by molar-refractivity contribution is 6.05. The molecule has 51 heavy (non-hydrogen) atoms. The van der Waals surface area contributed by atoms with E-state index in [1.54, 1.807) is 24.8 Å². The first-order valence-corrected chi connectivity index (χ1v) is 16.9. The van der Waals surface area contributed by atoms with Gasteiger partial charge in [-0.1, -0.05) is 18.2 Å². The molecule has 258 valence electrons. The second kappa shape index (κ2) is 15.2. The average Bonchev–Trinajstić information content (AvgIpc) is 3.15. The number of amides is 4. The lowest BCUT2D eigenvalue weighted by molar-refractivity contribution is -0.120. The van der Waals surface area contributed by atoms with Gasteiger partial charge in [-0.05, 0) is 72.6 Å². The van der Waals surface area contributed by atoms with Gasteiger partial charge >= 0.3 is 6.03 Å². The number of rotatable bonds is 10. The second-order valence-electron chi connectivity index (χ2n) is 12.6. The Bertz CT molecular complexity index is 2010. The summed E-state index contributed by atoms with van der Waals surface area (Å²) in [5, 5.41) is 8.64. The molecule has 5 aromatic rings. The molecular weight excluding hydrogens is 644 g/mol. The van der Waals surface area contributed by atoms with E-state index in [0.717, 1.165) is 73.0 Å². The number of urea groups is 1. The molecule has 0 unspecified atom stereocenters. The first-order chi connectivity index (χ1) is 24.9. The minimum atomic E-state index is -0.406. The summed E-state index contributed by atoms with van der Waals surface area (Å²) in [6.07, 6.45) is 7.17. The van der Waals surface area contributed by atoms with Crippen molar-refractivity contribution in [3.05, 3.63) is 120 Å². The van der Waals surface area contributed by atoms with Crippen LogP contribution in [0.3, 0.4) is 0 Å². The normalized spacial score (nSPS) is 15.4. The molecular formula is C38H38N10O3. The van der Waals surface area contributed by atoms with Crippen LogP contribution in [-0.2, 0) is 17.9 Å². The van der Waals surface area contributed by atoms with Gasteiger partial charge in [0.15, 0.2) is 0 Å². The number of aryl methyl sites for hydroxylation is 1. The molecule has 2 saturated heterocycles. The van der Waals surface area contributed by atoms with Crippen molar-refractivity contribution in [3.8, 4) is 11.3 Å². The number of aromatic nitrogens is 4. The number of hydrogen-bond donors (Lipinski definition) is 3.